The molecule has 2 aromatic carbocycles. The molecule has 0 aliphatic rings. The zero-order valence-corrected chi connectivity index (χ0v) is 21.2. The fourth-order valence-electron chi connectivity index (χ4n) is 2.41. The molecule has 7 nitrogen and oxygen atoms in total. The van der Waals surface area contributed by atoms with Crippen LogP contribution in [-0.4, -0.2) is 30.1 Å². The summed E-state index contributed by atoms with van der Waals surface area (Å²) >= 11 is 11.9. The van der Waals surface area contributed by atoms with Crippen LogP contribution in [0.15, 0.2) is 45.3 Å². The lowest BCUT2D eigenvalue weighted by molar-refractivity contribution is -0.123. The predicted molar refractivity (Wildman–Crippen MR) is 130 cm³/mol. The molecule has 31 heavy (non-hydrogen) atoms. The molecule has 0 bridgehead atoms. The Morgan fingerprint density at radius 1 is 1.10 bits per heavy atom. The highest BCUT2D eigenvalue weighted by atomic mass is 79.9. The summed E-state index contributed by atoms with van der Waals surface area (Å²) in [4.78, 5) is 24.6. The number of carbonyl (C=O) groups is 2. The first-order valence-electron chi connectivity index (χ1n) is 9.37. The molecule has 0 aliphatic heterocycles. The Labute approximate surface area is 203 Å². The van der Waals surface area contributed by atoms with E-state index in [0.717, 1.165) is 14.5 Å². The Kier molecular flexibility index (Phi) is 9.73. The third-order valence-electron chi connectivity index (χ3n) is 3.79. The summed E-state index contributed by atoms with van der Waals surface area (Å²) in [6, 6.07) is 10.6. The highest BCUT2D eigenvalue weighted by Crippen LogP contribution is 2.32. The summed E-state index contributed by atoms with van der Waals surface area (Å²) in [5.74, 6) is 0.429. The molecule has 0 fully saturated rings. The van der Waals surface area contributed by atoms with Crippen molar-refractivity contribution in [1.29, 1.82) is 0 Å². The Morgan fingerprint density at radius 3 is 2.48 bits per heavy atom. The second-order valence-electron chi connectivity index (χ2n) is 6.98. The number of para-hydroxylation sites is 1. The molecule has 0 saturated carbocycles. The summed E-state index contributed by atoms with van der Waals surface area (Å²) in [6.45, 7) is 6.15. The van der Waals surface area contributed by atoms with Gasteiger partial charge in [0.15, 0.2) is 11.7 Å². The minimum atomic E-state index is -0.466. The Hall–Kier alpha value is -2.17. The molecule has 0 aromatic heterocycles. The van der Waals surface area contributed by atoms with Crippen LogP contribution in [0.3, 0.4) is 0 Å². The van der Waals surface area contributed by atoms with Crippen molar-refractivity contribution in [3.05, 3.63) is 56.5 Å². The first-order valence-corrected chi connectivity index (χ1v) is 11.4. The van der Waals surface area contributed by atoms with Crippen LogP contribution in [0.5, 0.6) is 11.5 Å². The third kappa shape index (κ3) is 8.12. The van der Waals surface area contributed by atoms with Gasteiger partial charge >= 0.3 is 0 Å². The van der Waals surface area contributed by atoms with E-state index in [-0.39, 0.29) is 11.7 Å². The molecule has 0 saturated heterocycles. The van der Waals surface area contributed by atoms with Gasteiger partial charge in [-0.3, -0.25) is 25.8 Å². The van der Waals surface area contributed by atoms with Gasteiger partial charge in [0.25, 0.3) is 11.8 Å². The molecule has 166 valence electrons. The van der Waals surface area contributed by atoms with Crippen LogP contribution in [-0.2, 0) is 4.79 Å². The second kappa shape index (κ2) is 12.0. The molecular formula is C21H23Br2N3O4S. The molecule has 2 aromatic rings. The van der Waals surface area contributed by atoms with E-state index in [1.807, 2.05) is 32.9 Å². The van der Waals surface area contributed by atoms with Crippen molar-refractivity contribution in [2.75, 3.05) is 13.2 Å². The molecule has 2 amide bonds. The number of ether oxygens (including phenoxy) is 2. The number of halogens is 2. The molecule has 3 N–H and O–H groups in total. The van der Waals surface area contributed by atoms with E-state index >= 15 is 0 Å². The van der Waals surface area contributed by atoms with E-state index in [1.54, 1.807) is 24.3 Å². The maximum Gasteiger partial charge on any atom is 0.276 e. The van der Waals surface area contributed by atoms with Crippen molar-refractivity contribution in [1.82, 2.24) is 16.2 Å². The number of hydrogen-bond acceptors (Lipinski definition) is 5. The molecule has 0 atom stereocenters. The van der Waals surface area contributed by atoms with E-state index in [0.29, 0.717) is 29.6 Å². The lowest BCUT2D eigenvalue weighted by Gasteiger charge is -2.15. The number of carbonyl (C=O) groups excluding carboxylic acids is 2. The van der Waals surface area contributed by atoms with Crippen molar-refractivity contribution < 1.29 is 19.1 Å². The average molecular weight is 573 g/mol. The van der Waals surface area contributed by atoms with Crippen LogP contribution in [0.25, 0.3) is 0 Å². The minimum Gasteiger partial charge on any atom is -0.492 e. The standard InChI is InChI=1S/C21H23Br2N3O4S/c1-12(2)10-29-17-7-5-4-6-15(17)20(28)24-21(31)26-25-18(27)11-30-19-13(3)8-14(22)9-16(19)23/h4-9,12H,10-11H2,1-3H3,(H,25,27)(H2,24,26,28,31). The lowest BCUT2D eigenvalue weighted by atomic mass is 10.2. The monoisotopic (exact) mass is 571 g/mol. The van der Waals surface area contributed by atoms with E-state index < -0.39 is 11.8 Å². The number of aryl methyl sites for hydroxylation is 1. The van der Waals surface area contributed by atoms with Gasteiger partial charge in [-0.25, -0.2) is 0 Å². The number of thiocarbonyl (C=S) groups is 1. The first-order chi connectivity index (χ1) is 14.7. The summed E-state index contributed by atoms with van der Waals surface area (Å²) in [6.07, 6.45) is 0. The van der Waals surface area contributed by atoms with Crippen LogP contribution < -0.4 is 25.6 Å². The normalized spacial score (nSPS) is 10.4. The first kappa shape index (κ1) is 25.1. The quantitative estimate of drug-likeness (QED) is 0.339. The Morgan fingerprint density at radius 2 is 1.81 bits per heavy atom. The Bertz CT molecular complexity index is 946. The predicted octanol–water partition coefficient (Wildman–Crippen LogP) is 4.27. The molecule has 2 rings (SSSR count). The zero-order valence-electron chi connectivity index (χ0n) is 17.3. The number of hydrazine groups is 1. The number of hydrogen-bond donors (Lipinski definition) is 3. The van der Waals surface area contributed by atoms with Crippen LogP contribution in [0, 0.1) is 12.8 Å². The van der Waals surface area contributed by atoms with Crippen molar-refractivity contribution in [2.45, 2.75) is 20.8 Å². The van der Waals surface area contributed by atoms with E-state index in [9.17, 15) is 9.59 Å². The van der Waals surface area contributed by atoms with Gasteiger partial charge in [-0.1, -0.05) is 41.9 Å². The van der Waals surface area contributed by atoms with Gasteiger partial charge in [-0.15, -0.1) is 0 Å². The van der Waals surface area contributed by atoms with Gasteiger partial charge in [0, 0.05) is 4.47 Å². The molecule has 0 radical (unpaired) electrons. The number of nitrogens with one attached hydrogen (secondary N) is 3. The molecule has 0 spiro atoms. The smallest absolute Gasteiger partial charge is 0.276 e. The van der Waals surface area contributed by atoms with Crippen molar-refractivity contribution in [3.8, 4) is 11.5 Å². The Balaban J connectivity index is 1.84. The van der Waals surface area contributed by atoms with Crippen LogP contribution in [0.4, 0.5) is 0 Å². The summed E-state index contributed by atoms with van der Waals surface area (Å²) < 4.78 is 12.9. The molecule has 0 aliphatic carbocycles. The largest absolute Gasteiger partial charge is 0.492 e. The van der Waals surface area contributed by atoms with E-state index in [1.165, 1.54) is 0 Å². The van der Waals surface area contributed by atoms with Crippen molar-refractivity contribution in [3.63, 3.8) is 0 Å². The fourth-order valence-corrected chi connectivity index (χ4v) is 4.11. The summed E-state index contributed by atoms with van der Waals surface area (Å²) in [5.41, 5.74) is 6.09. The van der Waals surface area contributed by atoms with Gasteiger partial charge in [0.05, 0.1) is 16.6 Å². The van der Waals surface area contributed by atoms with Gasteiger partial charge in [0.1, 0.15) is 11.5 Å². The van der Waals surface area contributed by atoms with Crippen LogP contribution in [0.2, 0.25) is 0 Å². The zero-order chi connectivity index (χ0) is 23.0. The highest BCUT2D eigenvalue weighted by molar-refractivity contribution is 9.11. The van der Waals surface area contributed by atoms with Gasteiger partial charge in [-0.05, 0) is 70.8 Å². The molecule has 0 heterocycles. The molecule has 0 unspecified atom stereocenters. The maximum absolute atomic E-state index is 12.5. The second-order valence-corrected chi connectivity index (χ2v) is 9.16. The van der Waals surface area contributed by atoms with E-state index in [4.69, 9.17) is 21.7 Å². The number of rotatable bonds is 7. The summed E-state index contributed by atoms with van der Waals surface area (Å²) in [7, 11) is 0. The van der Waals surface area contributed by atoms with Gasteiger partial charge in [0.2, 0.25) is 0 Å². The van der Waals surface area contributed by atoms with Crippen molar-refractivity contribution in [2.24, 2.45) is 5.92 Å². The topological polar surface area (TPSA) is 88.7 Å². The highest BCUT2D eigenvalue weighted by Gasteiger charge is 2.15. The summed E-state index contributed by atoms with van der Waals surface area (Å²) in [5, 5.41) is 2.45. The van der Waals surface area contributed by atoms with Gasteiger partial charge < -0.3 is 9.47 Å². The number of amides is 2. The fraction of sp³-hybridized carbons (Fsp3) is 0.286. The minimum absolute atomic E-state index is 0.0574. The molecular weight excluding hydrogens is 550 g/mol. The SMILES string of the molecule is Cc1cc(Br)cc(Br)c1OCC(=O)NNC(=S)NC(=O)c1ccccc1OCC(C)C. The van der Waals surface area contributed by atoms with E-state index in [2.05, 4.69) is 48.0 Å². The van der Waals surface area contributed by atoms with Crippen LogP contribution in [0.1, 0.15) is 29.8 Å². The van der Waals surface area contributed by atoms with Gasteiger partial charge in [-0.2, -0.15) is 0 Å². The average Bonchev–Trinajstić information content (AvgIpc) is 2.70. The van der Waals surface area contributed by atoms with Crippen LogP contribution >= 0.6 is 44.1 Å². The third-order valence-corrected chi connectivity index (χ3v) is 5.04. The lowest BCUT2D eigenvalue weighted by Crippen LogP contribution is -2.49. The molecule has 10 heteroatoms. The van der Waals surface area contributed by atoms with Crippen molar-refractivity contribution >= 4 is 61.0 Å². The number of benzene rings is 2. The maximum atomic E-state index is 12.5.